The number of nitrogens with zero attached hydrogens (tertiary/aromatic N) is 3. The molecule has 0 saturated heterocycles. The van der Waals surface area contributed by atoms with Crippen molar-refractivity contribution in [2.45, 2.75) is 0 Å². The average Bonchev–Trinajstić information content (AvgIpc) is 2.42. The molecular formula is C11H8BrFN4O3. The molecule has 0 unspecified atom stereocenters. The summed E-state index contributed by atoms with van der Waals surface area (Å²) in [5.74, 6) is -0.313. The van der Waals surface area contributed by atoms with Crippen molar-refractivity contribution in [2.75, 3.05) is 12.4 Å². The van der Waals surface area contributed by atoms with Crippen molar-refractivity contribution in [3.63, 3.8) is 0 Å². The van der Waals surface area contributed by atoms with Gasteiger partial charge in [0.05, 0.1) is 9.40 Å². The van der Waals surface area contributed by atoms with E-state index >= 15 is 0 Å². The van der Waals surface area contributed by atoms with Crippen LogP contribution in [0.2, 0.25) is 0 Å². The number of hydrogen-bond donors (Lipinski definition) is 1. The minimum absolute atomic E-state index is 0.173. The predicted molar refractivity (Wildman–Crippen MR) is 72.4 cm³/mol. The van der Waals surface area contributed by atoms with Crippen LogP contribution >= 0.6 is 15.9 Å². The van der Waals surface area contributed by atoms with E-state index in [9.17, 15) is 14.5 Å². The highest BCUT2D eigenvalue weighted by Crippen LogP contribution is 2.31. The van der Waals surface area contributed by atoms with E-state index in [0.717, 1.165) is 6.20 Å². The molecule has 0 aliphatic heterocycles. The molecule has 0 fully saturated rings. The standard InChI is InChI=1S/C11H8BrFN4O3/c1-14-11-15-5-9(17(18)19)10(16-11)20-6-2-3-8(13)7(12)4-6/h2-5H,1H3,(H,14,15,16). The van der Waals surface area contributed by atoms with Gasteiger partial charge in [0.2, 0.25) is 5.95 Å². The molecule has 0 atom stereocenters. The second-order valence-electron chi connectivity index (χ2n) is 3.57. The van der Waals surface area contributed by atoms with Crippen molar-refractivity contribution in [3.05, 3.63) is 44.8 Å². The summed E-state index contributed by atoms with van der Waals surface area (Å²) >= 11 is 3.00. The van der Waals surface area contributed by atoms with Crippen LogP contribution in [0, 0.1) is 15.9 Å². The summed E-state index contributed by atoms with van der Waals surface area (Å²) in [6.07, 6.45) is 1.03. The van der Waals surface area contributed by atoms with Gasteiger partial charge in [-0.05, 0) is 34.1 Å². The first-order chi connectivity index (χ1) is 9.51. The van der Waals surface area contributed by atoms with Gasteiger partial charge in [-0.15, -0.1) is 0 Å². The molecule has 20 heavy (non-hydrogen) atoms. The van der Waals surface area contributed by atoms with Crippen LogP contribution in [0.15, 0.2) is 28.9 Å². The van der Waals surface area contributed by atoms with Crippen molar-refractivity contribution < 1.29 is 14.1 Å². The van der Waals surface area contributed by atoms with Gasteiger partial charge in [-0.25, -0.2) is 9.37 Å². The van der Waals surface area contributed by atoms with Crippen LogP contribution in [-0.2, 0) is 0 Å². The van der Waals surface area contributed by atoms with Crippen LogP contribution in [0.4, 0.5) is 16.0 Å². The molecule has 0 aliphatic carbocycles. The van der Waals surface area contributed by atoms with Gasteiger partial charge in [0.1, 0.15) is 17.8 Å². The number of aromatic nitrogens is 2. The lowest BCUT2D eigenvalue weighted by Gasteiger charge is -2.07. The van der Waals surface area contributed by atoms with E-state index in [2.05, 4.69) is 31.2 Å². The van der Waals surface area contributed by atoms with Gasteiger partial charge in [-0.3, -0.25) is 10.1 Å². The van der Waals surface area contributed by atoms with Crippen LogP contribution in [-0.4, -0.2) is 21.9 Å². The highest BCUT2D eigenvalue weighted by atomic mass is 79.9. The van der Waals surface area contributed by atoms with Crippen molar-refractivity contribution in [2.24, 2.45) is 0 Å². The van der Waals surface area contributed by atoms with E-state index in [1.807, 2.05) is 0 Å². The Morgan fingerprint density at radius 3 is 2.85 bits per heavy atom. The molecule has 104 valence electrons. The molecule has 0 saturated carbocycles. The van der Waals surface area contributed by atoms with E-state index < -0.39 is 10.7 Å². The number of nitrogens with one attached hydrogen (secondary N) is 1. The Hall–Kier alpha value is -2.29. The van der Waals surface area contributed by atoms with E-state index in [4.69, 9.17) is 4.74 Å². The second kappa shape index (κ2) is 5.78. The lowest BCUT2D eigenvalue weighted by Crippen LogP contribution is -2.02. The Kier molecular flexibility index (Phi) is 4.08. The molecule has 7 nitrogen and oxygen atoms in total. The van der Waals surface area contributed by atoms with Crippen LogP contribution in [0.25, 0.3) is 0 Å². The molecule has 1 aromatic carbocycles. The monoisotopic (exact) mass is 342 g/mol. The van der Waals surface area contributed by atoms with Crippen LogP contribution in [0.5, 0.6) is 11.6 Å². The minimum atomic E-state index is -0.659. The number of hydrogen-bond acceptors (Lipinski definition) is 6. The number of halogens is 2. The summed E-state index contributed by atoms with van der Waals surface area (Å²) in [7, 11) is 1.57. The summed E-state index contributed by atoms with van der Waals surface area (Å²) in [6, 6.07) is 3.86. The fourth-order valence-corrected chi connectivity index (χ4v) is 1.69. The third-order valence-electron chi connectivity index (χ3n) is 2.26. The molecule has 2 rings (SSSR count). The summed E-state index contributed by atoms with van der Waals surface area (Å²) in [5.41, 5.74) is -0.385. The maximum absolute atomic E-state index is 13.1. The number of ether oxygens (including phenoxy) is 1. The highest BCUT2D eigenvalue weighted by molar-refractivity contribution is 9.10. The Balaban J connectivity index is 2.40. The third-order valence-corrected chi connectivity index (χ3v) is 2.87. The van der Waals surface area contributed by atoms with Crippen molar-refractivity contribution >= 4 is 27.6 Å². The van der Waals surface area contributed by atoms with Crippen LogP contribution in [0.1, 0.15) is 0 Å². The second-order valence-corrected chi connectivity index (χ2v) is 4.42. The number of anilines is 1. The zero-order valence-corrected chi connectivity index (χ0v) is 11.7. The molecule has 0 bridgehead atoms. The molecule has 0 amide bonds. The fraction of sp³-hybridized carbons (Fsp3) is 0.0909. The zero-order chi connectivity index (χ0) is 14.7. The first-order valence-corrected chi connectivity index (χ1v) is 6.12. The molecular weight excluding hydrogens is 335 g/mol. The van der Waals surface area contributed by atoms with Crippen molar-refractivity contribution in [1.29, 1.82) is 0 Å². The van der Waals surface area contributed by atoms with Crippen LogP contribution in [0.3, 0.4) is 0 Å². The van der Waals surface area contributed by atoms with Crippen LogP contribution < -0.4 is 10.1 Å². The minimum Gasteiger partial charge on any atom is -0.434 e. The van der Waals surface area contributed by atoms with Gasteiger partial charge < -0.3 is 10.1 Å². The average molecular weight is 343 g/mol. The predicted octanol–water partition coefficient (Wildman–Crippen LogP) is 3.12. The van der Waals surface area contributed by atoms with Gasteiger partial charge in [0, 0.05) is 7.05 Å². The first-order valence-electron chi connectivity index (χ1n) is 5.33. The van der Waals surface area contributed by atoms with Crippen molar-refractivity contribution in [3.8, 4) is 11.6 Å². The number of nitro groups is 1. The van der Waals surface area contributed by atoms with E-state index in [-0.39, 0.29) is 27.7 Å². The third kappa shape index (κ3) is 2.99. The summed E-state index contributed by atoms with van der Waals surface area (Å²) in [6.45, 7) is 0. The quantitative estimate of drug-likeness (QED) is 0.678. The zero-order valence-electron chi connectivity index (χ0n) is 10.1. The molecule has 0 spiro atoms. The largest absolute Gasteiger partial charge is 0.434 e. The highest BCUT2D eigenvalue weighted by Gasteiger charge is 2.19. The Morgan fingerprint density at radius 2 is 2.25 bits per heavy atom. The summed E-state index contributed by atoms with van der Waals surface area (Å²) in [4.78, 5) is 17.8. The molecule has 0 radical (unpaired) electrons. The van der Waals surface area contributed by atoms with E-state index in [0.29, 0.717) is 0 Å². The maximum Gasteiger partial charge on any atom is 0.349 e. The SMILES string of the molecule is CNc1ncc([N+](=O)[O-])c(Oc2ccc(F)c(Br)c2)n1. The Morgan fingerprint density at radius 1 is 1.50 bits per heavy atom. The summed E-state index contributed by atoms with van der Waals surface area (Å²) < 4.78 is 18.6. The summed E-state index contributed by atoms with van der Waals surface area (Å²) in [5, 5.41) is 13.5. The molecule has 1 heterocycles. The Bertz CT molecular complexity index is 668. The molecule has 2 aromatic rings. The van der Waals surface area contributed by atoms with Crippen molar-refractivity contribution in [1.82, 2.24) is 9.97 Å². The fourth-order valence-electron chi connectivity index (χ4n) is 1.33. The molecule has 1 aromatic heterocycles. The number of rotatable bonds is 4. The van der Waals surface area contributed by atoms with E-state index in [1.165, 1.54) is 18.2 Å². The van der Waals surface area contributed by atoms with Gasteiger partial charge in [0.15, 0.2) is 0 Å². The molecule has 0 aliphatic rings. The maximum atomic E-state index is 13.1. The van der Waals surface area contributed by atoms with Gasteiger partial charge >= 0.3 is 11.6 Å². The molecule has 9 heteroatoms. The van der Waals surface area contributed by atoms with E-state index in [1.54, 1.807) is 7.05 Å². The molecule has 1 N–H and O–H groups in total. The van der Waals surface area contributed by atoms with Gasteiger partial charge in [-0.2, -0.15) is 4.98 Å². The first kappa shape index (κ1) is 14.1. The van der Waals surface area contributed by atoms with Gasteiger partial charge in [-0.1, -0.05) is 0 Å². The number of benzene rings is 1. The smallest absolute Gasteiger partial charge is 0.349 e. The lowest BCUT2D eigenvalue weighted by atomic mass is 10.3. The Labute approximate surface area is 121 Å². The normalized spacial score (nSPS) is 10.2. The topological polar surface area (TPSA) is 90.2 Å². The van der Waals surface area contributed by atoms with Gasteiger partial charge in [0.25, 0.3) is 0 Å². The lowest BCUT2D eigenvalue weighted by molar-refractivity contribution is -0.386.